The Morgan fingerprint density at radius 1 is 0.494 bits per heavy atom. The molecule has 512 valence electrons. The summed E-state index contributed by atoms with van der Waals surface area (Å²) in [4.78, 5) is 171. The molecule has 0 radical (unpaired) electrons. The molecule has 0 unspecified atom stereocenters. The van der Waals surface area contributed by atoms with E-state index in [9.17, 15) is 38.7 Å². The summed E-state index contributed by atoms with van der Waals surface area (Å²) in [7, 11) is 10.0. The average Bonchev–Trinajstić information content (AvgIpc) is 1.34. The van der Waals surface area contributed by atoms with Gasteiger partial charge in [0.25, 0.3) is 5.91 Å². The van der Waals surface area contributed by atoms with Crippen LogP contribution in [-0.2, 0) is 57.5 Å². The van der Waals surface area contributed by atoms with Gasteiger partial charge in [-0.2, -0.15) is 0 Å². The molecule has 9 amide bonds. The molecule has 22 nitrogen and oxygen atoms in total. The summed E-state index contributed by atoms with van der Waals surface area (Å²) in [6, 6.07) is -9.91. The molecule has 1 fully saturated rings. The minimum absolute atomic E-state index is 0. The summed E-state index contributed by atoms with van der Waals surface area (Å²) in [5.74, 6) is -10.9. The molecular weight excluding hydrogens is 1140 g/mol. The second kappa shape index (κ2) is 37.5. The van der Waals surface area contributed by atoms with Gasteiger partial charge in [0, 0.05) is 82.0 Å². The summed E-state index contributed by atoms with van der Waals surface area (Å²) in [5, 5.41) is 17.9. The van der Waals surface area contributed by atoms with Gasteiger partial charge in [-0.1, -0.05) is 130 Å². The Morgan fingerprint density at radius 3 is 1.39 bits per heavy atom. The Balaban J connectivity index is 0.0000792. The number of rotatable bonds is 18. The normalized spacial score (nSPS) is 27.3. The van der Waals surface area contributed by atoms with Crippen molar-refractivity contribution in [3.05, 3.63) is 12.2 Å². The molecule has 1 heterocycles. The molecule has 1 aliphatic rings. The number of allylic oxidation sites excluding steroid dienone is 2. The van der Waals surface area contributed by atoms with Gasteiger partial charge >= 0.3 is 0 Å². The number of ketones is 2. The van der Waals surface area contributed by atoms with Crippen LogP contribution in [0.1, 0.15) is 184 Å². The molecule has 0 aliphatic carbocycles. The molecule has 1 aliphatic heterocycles. The molecule has 0 aromatic rings. The number of aliphatic hydroxyl groups excluding tert-OH is 1. The smallest absolute Gasteiger partial charge is 0.273 e. The second-order valence-electron chi connectivity index (χ2n) is 27.7. The highest BCUT2D eigenvalue weighted by Gasteiger charge is 2.46. The third kappa shape index (κ3) is 22.8. The molecule has 3 N–H and O–H groups in total. The fourth-order valence-corrected chi connectivity index (χ4v) is 11.6. The summed E-state index contributed by atoms with van der Waals surface area (Å²) in [5.41, 5.74) is 0. The van der Waals surface area contributed by atoms with Crippen LogP contribution < -0.4 is 10.6 Å². The zero-order valence-corrected chi connectivity index (χ0v) is 59.2. The maximum absolute atomic E-state index is 15.3. The van der Waals surface area contributed by atoms with Crippen molar-refractivity contribution in [1.29, 1.82) is 0 Å². The highest BCUT2D eigenvalue weighted by molar-refractivity contribution is 5.99. The van der Waals surface area contributed by atoms with E-state index in [-0.39, 0.29) is 82.4 Å². The minimum Gasteiger partial charge on any atom is -0.390 e. The van der Waals surface area contributed by atoms with Crippen molar-refractivity contribution in [3.8, 4) is 0 Å². The monoisotopic (exact) mass is 1260 g/mol. The van der Waals surface area contributed by atoms with E-state index in [0.717, 1.165) is 9.80 Å². The van der Waals surface area contributed by atoms with Crippen LogP contribution in [0.15, 0.2) is 12.2 Å². The average molecular weight is 1260 g/mol. The second-order valence-corrected chi connectivity index (χ2v) is 27.7. The van der Waals surface area contributed by atoms with Crippen LogP contribution in [0, 0.1) is 53.3 Å². The molecule has 0 bridgehead atoms. The van der Waals surface area contributed by atoms with Crippen LogP contribution in [0.5, 0.6) is 0 Å². The van der Waals surface area contributed by atoms with Crippen LogP contribution in [0.25, 0.3) is 0 Å². The van der Waals surface area contributed by atoms with Gasteiger partial charge < -0.3 is 54.8 Å². The molecule has 89 heavy (non-hydrogen) atoms. The Labute approximate surface area is 536 Å². The topological polar surface area (TPSA) is 264 Å². The molecule has 0 spiro atoms. The number of hydrogen-bond donors (Lipinski definition) is 3. The largest absolute Gasteiger partial charge is 0.390 e. The molecule has 1 saturated heterocycles. The number of carbonyl (C=O) groups excluding carboxylic acids is 11. The first kappa shape index (κ1) is 81.2. The van der Waals surface area contributed by atoms with E-state index in [1.165, 1.54) is 73.8 Å². The Kier molecular flexibility index (Phi) is 34.3. The summed E-state index contributed by atoms with van der Waals surface area (Å²) < 4.78 is 6.13. The van der Waals surface area contributed by atoms with Crippen LogP contribution in [-0.4, -0.2) is 221 Å². The van der Waals surface area contributed by atoms with Crippen molar-refractivity contribution in [3.63, 3.8) is 0 Å². The number of nitrogens with one attached hydrogen (secondary N) is 2. The van der Waals surface area contributed by atoms with Gasteiger partial charge in [-0.15, -0.1) is 0 Å². The van der Waals surface area contributed by atoms with Gasteiger partial charge in [-0.05, 0) is 93.3 Å². The van der Waals surface area contributed by atoms with Crippen molar-refractivity contribution < 1.29 is 64.0 Å². The number of nitrogens with zero attached hydrogens (tertiary/aromatic N) is 7. The number of amides is 9. The lowest BCUT2D eigenvalue weighted by Gasteiger charge is -2.41. The Bertz CT molecular complexity index is 2420. The van der Waals surface area contributed by atoms with E-state index in [2.05, 4.69) is 10.6 Å². The molecule has 0 aromatic carbocycles. The molecule has 0 aromatic heterocycles. The fraction of sp³-hybridized carbons (Fsp3) is 0.806. The number of carbonyl (C=O) groups is 11. The van der Waals surface area contributed by atoms with E-state index in [4.69, 9.17) is 4.74 Å². The predicted molar refractivity (Wildman–Crippen MR) is 348 cm³/mol. The van der Waals surface area contributed by atoms with Gasteiger partial charge in [0.2, 0.25) is 53.5 Å². The predicted octanol–water partition coefficient (Wildman–Crippen LogP) is 6.45. The Morgan fingerprint density at radius 2 is 0.933 bits per heavy atom. The first-order valence-electron chi connectivity index (χ1n) is 32.6. The van der Waals surface area contributed by atoms with Gasteiger partial charge in [-0.3, -0.25) is 52.7 Å². The first-order chi connectivity index (χ1) is 41.2. The van der Waals surface area contributed by atoms with Crippen molar-refractivity contribution in [2.24, 2.45) is 53.3 Å². The highest BCUT2D eigenvalue weighted by atomic mass is 16.5. The first-order valence-corrected chi connectivity index (χ1v) is 32.6. The van der Waals surface area contributed by atoms with Crippen LogP contribution in [0.3, 0.4) is 0 Å². The lowest BCUT2D eigenvalue weighted by molar-refractivity contribution is -0.168. The number of likely N-dealkylation sites (N-methyl/N-ethyl adjacent to an activating group) is 7. The van der Waals surface area contributed by atoms with E-state index in [1.807, 2.05) is 68.4 Å². The fourth-order valence-electron chi connectivity index (χ4n) is 11.6. The van der Waals surface area contributed by atoms with Crippen molar-refractivity contribution in [2.45, 2.75) is 243 Å². The summed E-state index contributed by atoms with van der Waals surface area (Å²) in [6.07, 6.45) is 1.31. The lowest BCUT2D eigenvalue weighted by atomic mass is 9.88. The van der Waals surface area contributed by atoms with Crippen LogP contribution in [0.4, 0.5) is 0 Å². The van der Waals surface area contributed by atoms with E-state index < -0.39 is 149 Å². The van der Waals surface area contributed by atoms with E-state index in [0.29, 0.717) is 12.8 Å². The van der Waals surface area contributed by atoms with Crippen LogP contribution >= 0.6 is 0 Å². The van der Waals surface area contributed by atoms with Crippen molar-refractivity contribution in [1.82, 2.24) is 44.9 Å². The maximum atomic E-state index is 15.3. The standard InChI is InChI=1S/C67H119N9O13.H2/c1-26-29-30-44(16)57(79)56-59(81)68-47(28-3)61(83)76(25)67(89-31-27-2)66(88)71(20)49(33-39(6)7)58(80)69-54(42(12)13)64(86)70(19)48(32-38(4)5)53(78)36-45(17)52(77)37-46(18)60(82)72(21)50(34-40(8)9)62(84)73(22)51(35-41(10)11)63(85)74(23)55(43(14)15)65(87)75(56)24;/h26,29,38-51,54-57,67,79H,27-28,30-37H2,1-25H3,(H,68,81)(H,69,80);1H/b29-26+;/t44-,45-,46+,47+,48+,49+,50+,51+,54+,55+,56+,57-,67-;/m1./s1. The maximum Gasteiger partial charge on any atom is 0.273 e. The lowest BCUT2D eigenvalue weighted by Crippen LogP contribution is -2.64. The van der Waals surface area contributed by atoms with E-state index >= 15 is 19.2 Å². The number of Topliss-reactive ketones (excluding diaryl/α,β-unsaturated/α-hetero) is 2. The highest BCUT2D eigenvalue weighted by Crippen LogP contribution is 2.27. The van der Waals surface area contributed by atoms with E-state index in [1.54, 1.807) is 68.4 Å². The van der Waals surface area contributed by atoms with Crippen molar-refractivity contribution in [2.75, 3.05) is 55.9 Å². The van der Waals surface area contributed by atoms with Crippen LogP contribution in [0.2, 0.25) is 0 Å². The molecular formula is C67H121N9O13. The third-order valence-electron chi connectivity index (χ3n) is 17.2. The van der Waals surface area contributed by atoms with Crippen molar-refractivity contribution >= 4 is 64.7 Å². The van der Waals surface area contributed by atoms with Gasteiger partial charge in [0.15, 0.2) is 5.78 Å². The van der Waals surface area contributed by atoms with Gasteiger partial charge in [0.05, 0.1) is 12.1 Å². The Hall–Kier alpha value is -5.77. The number of hydrogen-bond acceptors (Lipinski definition) is 13. The van der Waals surface area contributed by atoms with Gasteiger partial charge in [0.1, 0.15) is 48.1 Å². The molecule has 1 rings (SSSR count). The summed E-state index contributed by atoms with van der Waals surface area (Å²) >= 11 is 0. The number of ether oxygens (including phenoxy) is 1. The molecule has 13 atom stereocenters. The quantitative estimate of drug-likeness (QED) is 0.125. The SMILES string of the molecule is C/C=C/C[C@@H](C)[C@@H](O)[C@H]1C(=O)N[C@@H](CC)C(=O)N(C)[C@H](OCCC)C(=O)N(C)[C@@H](CC(C)C)C(=O)N[C@@H](C(C)C)C(=O)N(C)[C@@H](CC(C)C)C(=O)C[C@@H](C)C(=O)C[C@H](C)C(=O)N(C)[C@@H](CC(C)C)C(=O)N(C)[C@@H](CC(C)C)C(=O)N(C)[C@@H](C(C)C)C(=O)N1C.[HH]. The third-order valence-corrected chi connectivity index (χ3v) is 17.2. The molecule has 0 saturated carbocycles. The zero-order chi connectivity index (χ0) is 69.0. The molecule has 22 heteroatoms. The zero-order valence-electron chi connectivity index (χ0n) is 59.2. The minimum atomic E-state index is -1.64. The van der Waals surface area contributed by atoms with Gasteiger partial charge in [-0.25, -0.2) is 0 Å². The number of aliphatic hydroxyl groups is 1. The summed E-state index contributed by atoms with van der Waals surface area (Å²) in [6.45, 7) is 32.2.